The molecule has 1 N–H and O–H groups in total. The first-order chi connectivity index (χ1) is 13.6. The molecule has 1 atom stereocenters. The quantitative estimate of drug-likeness (QED) is 0.815. The number of ether oxygens (including phenoxy) is 1. The van der Waals surface area contributed by atoms with Crippen molar-refractivity contribution in [2.24, 2.45) is 5.92 Å². The molecule has 2 heterocycles. The van der Waals surface area contributed by atoms with E-state index in [-0.39, 0.29) is 17.9 Å². The topological polar surface area (TPSA) is 61.9 Å². The summed E-state index contributed by atoms with van der Waals surface area (Å²) in [5, 5.41) is 3.07. The minimum atomic E-state index is -0.109. The molecule has 2 aliphatic heterocycles. The molecule has 1 aromatic rings. The maximum Gasteiger partial charge on any atom is 0.234 e. The number of hydrogen-bond acceptors (Lipinski definition) is 4. The summed E-state index contributed by atoms with van der Waals surface area (Å²) in [7, 11) is 1.64. The molecule has 2 amide bonds. The van der Waals surface area contributed by atoms with Crippen LogP contribution < -0.4 is 10.1 Å². The monoisotopic (exact) mass is 387 g/mol. The zero-order valence-corrected chi connectivity index (χ0v) is 17.2. The SMILES string of the molecule is COc1ccccc1C(C)NC(=O)CN1CCC(C(=O)N2CCCCC2)CC1. The van der Waals surface area contributed by atoms with Crippen LogP contribution in [0.25, 0.3) is 0 Å². The van der Waals surface area contributed by atoms with E-state index in [1.165, 1.54) is 6.42 Å². The summed E-state index contributed by atoms with van der Waals surface area (Å²) in [5.41, 5.74) is 0.976. The Hall–Kier alpha value is -2.08. The predicted molar refractivity (Wildman–Crippen MR) is 109 cm³/mol. The number of amides is 2. The average molecular weight is 388 g/mol. The number of piperidine rings is 2. The normalized spacial score (nSPS) is 19.9. The van der Waals surface area contributed by atoms with E-state index in [9.17, 15) is 9.59 Å². The van der Waals surface area contributed by atoms with Gasteiger partial charge >= 0.3 is 0 Å². The third-order valence-electron chi connectivity index (χ3n) is 5.95. The van der Waals surface area contributed by atoms with Crippen molar-refractivity contribution in [3.63, 3.8) is 0 Å². The van der Waals surface area contributed by atoms with Gasteiger partial charge in [-0.3, -0.25) is 14.5 Å². The second-order valence-electron chi connectivity index (χ2n) is 7.97. The molecular formula is C22H33N3O3. The van der Waals surface area contributed by atoms with Crippen molar-refractivity contribution >= 4 is 11.8 Å². The van der Waals surface area contributed by atoms with Crippen molar-refractivity contribution in [2.45, 2.75) is 45.1 Å². The van der Waals surface area contributed by atoms with E-state index in [1.54, 1.807) is 7.11 Å². The highest BCUT2D eigenvalue weighted by Gasteiger charge is 2.29. The van der Waals surface area contributed by atoms with Gasteiger partial charge in [-0.2, -0.15) is 0 Å². The van der Waals surface area contributed by atoms with Crippen LogP contribution in [0.15, 0.2) is 24.3 Å². The van der Waals surface area contributed by atoms with Crippen LogP contribution in [0.2, 0.25) is 0 Å². The smallest absolute Gasteiger partial charge is 0.234 e. The van der Waals surface area contributed by atoms with Gasteiger partial charge in [0.2, 0.25) is 11.8 Å². The number of rotatable bonds is 6. The number of hydrogen-bond donors (Lipinski definition) is 1. The number of benzene rings is 1. The van der Waals surface area contributed by atoms with Crippen LogP contribution >= 0.6 is 0 Å². The van der Waals surface area contributed by atoms with Crippen molar-refractivity contribution < 1.29 is 14.3 Å². The Bertz CT molecular complexity index is 665. The maximum absolute atomic E-state index is 12.7. The van der Waals surface area contributed by atoms with Gasteiger partial charge in [0, 0.05) is 24.6 Å². The summed E-state index contributed by atoms with van der Waals surface area (Å²) in [6.45, 7) is 5.80. The maximum atomic E-state index is 12.7. The number of nitrogens with zero attached hydrogens (tertiary/aromatic N) is 2. The van der Waals surface area contributed by atoms with Crippen molar-refractivity contribution in [1.82, 2.24) is 15.1 Å². The molecule has 0 aromatic heterocycles. The Morgan fingerprint density at radius 2 is 1.79 bits per heavy atom. The fourth-order valence-corrected chi connectivity index (χ4v) is 4.30. The Balaban J connectivity index is 1.44. The van der Waals surface area contributed by atoms with Gasteiger partial charge in [-0.25, -0.2) is 0 Å². The zero-order valence-electron chi connectivity index (χ0n) is 17.2. The van der Waals surface area contributed by atoms with Gasteiger partial charge in [0.05, 0.1) is 19.7 Å². The van der Waals surface area contributed by atoms with Crippen LogP contribution in [0.5, 0.6) is 5.75 Å². The molecule has 0 spiro atoms. The molecule has 0 aliphatic carbocycles. The summed E-state index contributed by atoms with van der Waals surface area (Å²) in [5.74, 6) is 1.25. The fourth-order valence-electron chi connectivity index (χ4n) is 4.30. The molecule has 3 rings (SSSR count). The van der Waals surface area contributed by atoms with Crippen LogP contribution in [-0.4, -0.2) is 61.4 Å². The Labute approximate surface area is 168 Å². The number of carbonyl (C=O) groups is 2. The first kappa shape index (κ1) is 20.6. The summed E-state index contributed by atoms with van der Waals surface area (Å²) in [6.07, 6.45) is 5.21. The lowest BCUT2D eigenvalue weighted by molar-refractivity contribution is -0.138. The van der Waals surface area contributed by atoms with Crippen molar-refractivity contribution in [1.29, 1.82) is 0 Å². The lowest BCUT2D eigenvalue weighted by Crippen LogP contribution is -2.46. The molecule has 2 fully saturated rings. The number of methoxy groups -OCH3 is 1. The van der Waals surface area contributed by atoms with Crippen LogP contribution in [0.4, 0.5) is 0 Å². The fraction of sp³-hybridized carbons (Fsp3) is 0.636. The molecule has 28 heavy (non-hydrogen) atoms. The molecular weight excluding hydrogens is 354 g/mol. The zero-order chi connectivity index (χ0) is 19.9. The van der Waals surface area contributed by atoms with Crippen molar-refractivity contribution in [2.75, 3.05) is 39.8 Å². The third kappa shape index (κ3) is 5.25. The molecule has 0 saturated carbocycles. The minimum absolute atomic E-state index is 0.0132. The molecule has 2 aliphatic rings. The summed E-state index contributed by atoms with van der Waals surface area (Å²) >= 11 is 0. The largest absolute Gasteiger partial charge is 0.496 e. The summed E-state index contributed by atoms with van der Waals surface area (Å²) in [4.78, 5) is 29.4. The molecule has 2 saturated heterocycles. The Kier molecular flexibility index (Phi) is 7.31. The van der Waals surface area contributed by atoms with Gasteiger partial charge in [-0.05, 0) is 58.2 Å². The lowest BCUT2D eigenvalue weighted by atomic mass is 9.94. The van der Waals surface area contributed by atoms with Gasteiger partial charge < -0.3 is 15.0 Å². The molecule has 1 aromatic carbocycles. The van der Waals surface area contributed by atoms with E-state index in [0.29, 0.717) is 12.5 Å². The van der Waals surface area contributed by atoms with E-state index in [1.807, 2.05) is 36.1 Å². The van der Waals surface area contributed by atoms with Crippen LogP contribution in [0.1, 0.15) is 50.6 Å². The second kappa shape index (κ2) is 9.92. The second-order valence-corrected chi connectivity index (χ2v) is 7.97. The number of carbonyl (C=O) groups excluding carboxylic acids is 2. The van der Waals surface area contributed by atoms with Gasteiger partial charge in [0.25, 0.3) is 0 Å². The van der Waals surface area contributed by atoms with E-state index in [2.05, 4.69) is 10.2 Å². The van der Waals surface area contributed by atoms with Crippen LogP contribution in [-0.2, 0) is 9.59 Å². The molecule has 1 unspecified atom stereocenters. The molecule has 0 bridgehead atoms. The number of nitrogens with one attached hydrogen (secondary N) is 1. The van der Waals surface area contributed by atoms with Gasteiger partial charge in [0.1, 0.15) is 5.75 Å². The molecule has 0 radical (unpaired) electrons. The third-order valence-corrected chi connectivity index (χ3v) is 5.95. The first-order valence-electron chi connectivity index (χ1n) is 10.5. The Morgan fingerprint density at radius 3 is 2.46 bits per heavy atom. The minimum Gasteiger partial charge on any atom is -0.496 e. The average Bonchev–Trinajstić information content (AvgIpc) is 2.74. The standard InChI is InChI=1S/C22H33N3O3/c1-17(19-8-4-5-9-20(19)28-2)23-21(26)16-24-14-10-18(11-15-24)22(27)25-12-6-3-7-13-25/h4-5,8-9,17-18H,3,6-7,10-16H2,1-2H3,(H,23,26). The molecule has 6 heteroatoms. The van der Waals surface area contributed by atoms with E-state index in [0.717, 1.165) is 63.2 Å². The van der Waals surface area contributed by atoms with Gasteiger partial charge in [-0.15, -0.1) is 0 Å². The highest BCUT2D eigenvalue weighted by atomic mass is 16.5. The van der Waals surface area contributed by atoms with E-state index in [4.69, 9.17) is 4.74 Å². The van der Waals surface area contributed by atoms with Crippen molar-refractivity contribution in [3.8, 4) is 5.75 Å². The van der Waals surface area contributed by atoms with Gasteiger partial charge in [0.15, 0.2) is 0 Å². The highest BCUT2D eigenvalue weighted by molar-refractivity contribution is 5.80. The Morgan fingerprint density at radius 1 is 1.11 bits per heavy atom. The number of likely N-dealkylation sites (tertiary alicyclic amines) is 2. The number of para-hydroxylation sites is 1. The summed E-state index contributed by atoms with van der Waals surface area (Å²) in [6, 6.07) is 7.64. The van der Waals surface area contributed by atoms with E-state index >= 15 is 0 Å². The van der Waals surface area contributed by atoms with E-state index < -0.39 is 0 Å². The summed E-state index contributed by atoms with van der Waals surface area (Å²) < 4.78 is 5.38. The lowest BCUT2D eigenvalue weighted by Gasteiger charge is -2.35. The first-order valence-corrected chi connectivity index (χ1v) is 10.5. The van der Waals surface area contributed by atoms with Gasteiger partial charge in [-0.1, -0.05) is 18.2 Å². The molecule has 6 nitrogen and oxygen atoms in total. The van der Waals surface area contributed by atoms with Crippen LogP contribution in [0, 0.1) is 5.92 Å². The van der Waals surface area contributed by atoms with Crippen LogP contribution in [0.3, 0.4) is 0 Å². The predicted octanol–water partition coefficient (Wildman–Crippen LogP) is 2.60. The van der Waals surface area contributed by atoms with Crippen molar-refractivity contribution in [3.05, 3.63) is 29.8 Å². The highest BCUT2D eigenvalue weighted by Crippen LogP contribution is 2.25. The molecule has 154 valence electrons.